The van der Waals surface area contributed by atoms with Crippen LogP contribution in [0.5, 0.6) is 0 Å². The highest BCUT2D eigenvalue weighted by molar-refractivity contribution is 5.78. The maximum atomic E-state index is 11.9. The monoisotopic (exact) mass is 265 g/mol. The average Bonchev–Trinajstić information content (AvgIpc) is 2.27. The Labute approximate surface area is 106 Å². The van der Waals surface area contributed by atoms with E-state index in [1.807, 2.05) is 4.90 Å². The number of halogens is 3. The first-order chi connectivity index (χ1) is 8.38. The molecule has 1 rings (SSSR count). The maximum absolute atomic E-state index is 11.9. The zero-order chi connectivity index (χ0) is 13.6. The molecule has 0 aliphatic carbocycles. The molecule has 2 N–H and O–H groups in total. The van der Waals surface area contributed by atoms with E-state index in [0.717, 1.165) is 31.8 Å². The molecule has 0 amide bonds. The van der Waals surface area contributed by atoms with E-state index in [-0.39, 0.29) is 6.42 Å². The summed E-state index contributed by atoms with van der Waals surface area (Å²) in [7, 11) is 0. The third-order valence-corrected chi connectivity index (χ3v) is 3.25. The lowest BCUT2D eigenvalue weighted by molar-refractivity contribution is -0.135. The maximum Gasteiger partial charge on any atom is 0.389 e. The molecule has 3 nitrogen and oxygen atoms in total. The Morgan fingerprint density at radius 3 is 2.44 bits per heavy atom. The Hall–Kier alpha value is -0.940. The predicted octanol–water partition coefficient (Wildman–Crippen LogP) is 2.77. The van der Waals surface area contributed by atoms with E-state index in [1.165, 1.54) is 0 Å². The van der Waals surface area contributed by atoms with Gasteiger partial charge in [0.25, 0.3) is 0 Å². The Bertz CT molecular complexity index is 268. The molecule has 0 spiro atoms. The van der Waals surface area contributed by atoms with Crippen LogP contribution >= 0.6 is 0 Å². The molecule has 0 aromatic rings. The SMILES string of the molecule is CC1CCN(C(N)=NCCCCC(F)(F)F)CC1. The zero-order valence-electron chi connectivity index (χ0n) is 10.8. The third kappa shape index (κ3) is 6.12. The van der Waals surface area contributed by atoms with E-state index >= 15 is 0 Å². The van der Waals surface area contributed by atoms with Crippen molar-refractivity contribution in [3.63, 3.8) is 0 Å². The molecule has 0 unspecified atom stereocenters. The highest BCUT2D eigenvalue weighted by atomic mass is 19.4. The molecule has 1 aliphatic rings. The summed E-state index contributed by atoms with van der Waals surface area (Å²) in [5.41, 5.74) is 5.82. The summed E-state index contributed by atoms with van der Waals surface area (Å²) in [6.45, 7) is 4.40. The number of hydrogen-bond donors (Lipinski definition) is 1. The fourth-order valence-corrected chi connectivity index (χ4v) is 1.97. The normalized spacial score (nSPS) is 19.3. The first kappa shape index (κ1) is 15.1. The van der Waals surface area contributed by atoms with Crippen LogP contribution < -0.4 is 5.73 Å². The summed E-state index contributed by atoms with van der Waals surface area (Å²) in [5.74, 6) is 1.20. The quantitative estimate of drug-likeness (QED) is 0.482. The molecule has 0 bridgehead atoms. The van der Waals surface area contributed by atoms with Crippen molar-refractivity contribution < 1.29 is 13.2 Å². The lowest BCUT2D eigenvalue weighted by Gasteiger charge is -2.31. The molecule has 18 heavy (non-hydrogen) atoms. The minimum absolute atomic E-state index is 0.122. The van der Waals surface area contributed by atoms with Crippen LogP contribution in [0.1, 0.15) is 39.0 Å². The van der Waals surface area contributed by atoms with Crippen LogP contribution in [0.15, 0.2) is 4.99 Å². The number of aliphatic imine (C=N–C) groups is 1. The molecule has 0 saturated carbocycles. The van der Waals surface area contributed by atoms with Crippen LogP contribution in [-0.4, -0.2) is 36.7 Å². The smallest absolute Gasteiger partial charge is 0.370 e. The number of likely N-dealkylation sites (tertiary alicyclic amines) is 1. The molecule has 1 heterocycles. The summed E-state index contributed by atoms with van der Waals surface area (Å²) in [5, 5.41) is 0. The number of piperidine rings is 1. The molecule has 0 aromatic heterocycles. The summed E-state index contributed by atoms with van der Waals surface area (Å²) in [6.07, 6.45) is -2.03. The van der Waals surface area contributed by atoms with Crippen molar-refractivity contribution in [3.8, 4) is 0 Å². The van der Waals surface area contributed by atoms with Crippen molar-refractivity contribution >= 4 is 5.96 Å². The number of hydrogen-bond acceptors (Lipinski definition) is 1. The van der Waals surface area contributed by atoms with Gasteiger partial charge >= 0.3 is 6.18 Å². The minimum Gasteiger partial charge on any atom is -0.370 e. The van der Waals surface area contributed by atoms with Gasteiger partial charge in [0.15, 0.2) is 5.96 Å². The topological polar surface area (TPSA) is 41.6 Å². The van der Waals surface area contributed by atoms with Crippen molar-refractivity contribution in [1.82, 2.24) is 4.90 Å². The summed E-state index contributed by atoms with van der Waals surface area (Å²) < 4.78 is 35.7. The standard InChI is InChI=1S/C12H22F3N3/c1-10-4-8-18(9-5-10)11(16)17-7-3-2-6-12(13,14)15/h10H,2-9H2,1H3,(H2,16,17). The zero-order valence-corrected chi connectivity index (χ0v) is 10.8. The van der Waals surface area contributed by atoms with Gasteiger partial charge < -0.3 is 10.6 Å². The molecule has 1 fully saturated rings. The van der Waals surface area contributed by atoms with Gasteiger partial charge in [0.05, 0.1) is 0 Å². The molecule has 1 aliphatic heterocycles. The van der Waals surface area contributed by atoms with Crippen molar-refractivity contribution in [1.29, 1.82) is 0 Å². The second-order valence-electron chi connectivity index (χ2n) is 4.98. The van der Waals surface area contributed by atoms with Gasteiger partial charge in [0.2, 0.25) is 0 Å². The van der Waals surface area contributed by atoms with E-state index < -0.39 is 12.6 Å². The van der Waals surface area contributed by atoms with Gasteiger partial charge in [-0.25, -0.2) is 0 Å². The van der Waals surface area contributed by atoms with Gasteiger partial charge in [-0.3, -0.25) is 4.99 Å². The second-order valence-corrected chi connectivity index (χ2v) is 4.98. The second kappa shape index (κ2) is 6.85. The van der Waals surface area contributed by atoms with Crippen molar-refractivity contribution in [2.75, 3.05) is 19.6 Å². The van der Waals surface area contributed by atoms with Crippen LogP contribution in [0.25, 0.3) is 0 Å². The first-order valence-corrected chi connectivity index (χ1v) is 6.50. The van der Waals surface area contributed by atoms with Gasteiger partial charge in [0.1, 0.15) is 0 Å². The molecule has 1 saturated heterocycles. The van der Waals surface area contributed by atoms with E-state index in [9.17, 15) is 13.2 Å². The molecular formula is C12H22F3N3. The van der Waals surface area contributed by atoms with E-state index in [4.69, 9.17) is 5.73 Å². The number of unbranched alkanes of at least 4 members (excludes halogenated alkanes) is 1. The van der Waals surface area contributed by atoms with Gasteiger partial charge in [-0.15, -0.1) is 0 Å². The van der Waals surface area contributed by atoms with Crippen molar-refractivity contribution in [2.24, 2.45) is 16.6 Å². The molecular weight excluding hydrogens is 243 g/mol. The molecule has 6 heteroatoms. The van der Waals surface area contributed by atoms with Crippen molar-refractivity contribution in [3.05, 3.63) is 0 Å². The summed E-state index contributed by atoms with van der Waals surface area (Å²) in [6, 6.07) is 0. The Morgan fingerprint density at radius 1 is 1.28 bits per heavy atom. The van der Waals surface area contributed by atoms with Crippen LogP contribution in [0.2, 0.25) is 0 Å². The first-order valence-electron chi connectivity index (χ1n) is 6.50. The minimum atomic E-state index is -4.06. The van der Waals surface area contributed by atoms with Gasteiger partial charge in [-0.2, -0.15) is 13.2 Å². The summed E-state index contributed by atoms with van der Waals surface area (Å²) >= 11 is 0. The third-order valence-electron chi connectivity index (χ3n) is 3.25. The molecule has 0 radical (unpaired) electrons. The fraction of sp³-hybridized carbons (Fsp3) is 0.917. The molecule has 0 aromatic carbocycles. The van der Waals surface area contributed by atoms with Crippen LogP contribution in [0.4, 0.5) is 13.2 Å². The lowest BCUT2D eigenvalue weighted by Crippen LogP contribution is -2.42. The highest BCUT2D eigenvalue weighted by Crippen LogP contribution is 2.22. The largest absolute Gasteiger partial charge is 0.389 e. The predicted molar refractivity (Wildman–Crippen MR) is 66.4 cm³/mol. The highest BCUT2D eigenvalue weighted by Gasteiger charge is 2.25. The number of guanidine groups is 1. The number of alkyl halides is 3. The van der Waals surface area contributed by atoms with E-state index in [1.54, 1.807) is 0 Å². The van der Waals surface area contributed by atoms with Crippen LogP contribution in [0.3, 0.4) is 0 Å². The molecule has 0 atom stereocenters. The molecule has 106 valence electrons. The van der Waals surface area contributed by atoms with Gasteiger partial charge in [0, 0.05) is 26.1 Å². The Balaban J connectivity index is 2.17. The van der Waals surface area contributed by atoms with E-state index in [0.29, 0.717) is 18.9 Å². The Kier molecular flexibility index (Phi) is 5.75. The lowest BCUT2D eigenvalue weighted by atomic mass is 10.00. The van der Waals surface area contributed by atoms with Crippen molar-refractivity contribution in [2.45, 2.75) is 45.2 Å². The van der Waals surface area contributed by atoms with E-state index in [2.05, 4.69) is 11.9 Å². The Morgan fingerprint density at radius 2 is 1.89 bits per heavy atom. The average molecular weight is 265 g/mol. The van der Waals surface area contributed by atoms with Crippen LogP contribution in [-0.2, 0) is 0 Å². The number of nitrogens with zero attached hydrogens (tertiary/aromatic N) is 2. The fourth-order valence-electron chi connectivity index (χ4n) is 1.97. The number of nitrogens with two attached hydrogens (primary N) is 1. The number of rotatable bonds is 4. The van der Waals surface area contributed by atoms with Crippen LogP contribution in [0, 0.1) is 5.92 Å². The van der Waals surface area contributed by atoms with Gasteiger partial charge in [-0.1, -0.05) is 6.92 Å². The summed E-state index contributed by atoms with van der Waals surface area (Å²) in [4.78, 5) is 6.16. The van der Waals surface area contributed by atoms with Gasteiger partial charge in [-0.05, 0) is 31.6 Å².